The maximum absolute atomic E-state index is 14.6. The third kappa shape index (κ3) is 4.92. The van der Waals surface area contributed by atoms with E-state index >= 15 is 0 Å². The number of imidazole rings is 1. The lowest BCUT2D eigenvalue weighted by atomic mass is 10.2. The highest BCUT2D eigenvalue weighted by Gasteiger charge is 2.27. The number of nitrogens with one attached hydrogen (secondary N) is 1. The van der Waals surface area contributed by atoms with E-state index in [2.05, 4.69) is 20.4 Å². The Hall–Kier alpha value is -2.96. The first-order chi connectivity index (χ1) is 15.0. The molecule has 0 radical (unpaired) electrons. The summed E-state index contributed by atoms with van der Waals surface area (Å²) >= 11 is 0. The van der Waals surface area contributed by atoms with Crippen LogP contribution in [0, 0.1) is 12.7 Å². The van der Waals surface area contributed by atoms with Crippen LogP contribution >= 0.6 is 24.0 Å². The molecule has 0 saturated carbocycles. The van der Waals surface area contributed by atoms with Crippen LogP contribution in [0.25, 0.3) is 5.69 Å². The van der Waals surface area contributed by atoms with Crippen molar-refractivity contribution in [2.24, 2.45) is 12.0 Å². The number of aromatic nitrogens is 4. The molecule has 32 heavy (non-hydrogen) atoms. The molecule has 1 aliphatic heterocycles. The normalized spacial score (nSPS) is 14.5. The van der Waals surface area contributed by atoms with Crippen LogP contribution in [0.2, 0.25) is 0 Å². The van der Waals surface area contributed by atoms with E-state index in [1.54, 1.807) is 45.9 Å². The molecule has 11 heteroatoms. The molecule has 0 atom stereocenters. The molecule has 1 aromatic carbocycles. The monoisotopic (exact) mass is 552 g/mol. The molecule has 4 rings (SSSR count). The fraction of sp³-hybridized carbons (Fsp3) is 0.333. The minimum absolute atomic E-state index is 0. The second-order valence-corrected chi connectivity index (χ2v) is 7.37. The van der Waals surface area contributed by atoms with Gasteiger partial charge in [-0.15, -0.1) is 24.0 Å². The van der Waals surface area contributed by atoms with Crippen molar-refractivity contribution >= 4 is 41.5 Å². The Balaban J connectivity index is 0.00000289. The van der Waals surface area contributed by atoms with Gasteiger partial charge >= 0.3 is 0 Å². The Bertz CT molecular complexity index is 1120. The Morgan fingerprint density at radius 2 is 2.12 bits per heavy atom. The number of nitrogens with zero attached hydrogens (tertiary/aromatic N) is 7. The number of hydrogen-bond donors (Lipinski definition) is 1. The van der Waals surface area contributed by atoms with Crippen molar-refractivity contribution in [3.63, 3.8) is 0 Å². The number of rotatable bonds is 4. The largest absolute Gasteiger partial charge is 0.352 e. The molecular weight excluding hydrogens is 526 g/mol. The van der Waals surface area contributed by atoms with Gasteiger partial charge in [-0.05, 0) is 24.6 Å². The number of piperazine rings is 1. The molecule has 0 unspecified atom stereocenters. The summed E-state index contributed by atoms with van der Waals surface area (Å²) in [6.45, 7) is 3.60. The van der Waals surface area contributed by atoms with E-state index in [1.165, 1.54) is 6.07 Å². The Kier molecular flexibility index (Phi) is 7.48. The minimum atomic E-state index is -0.323. The van der Waals surface area contributed by atoms with Crippen LogP contribution in [-0.4, -0.2) is 62.8 Å². The van der Waals surface area contributed by atoms with E-state index in [1.807, 2.05) is 31.1 Å². The average Bonchev–Trinajstić information content (AvgIpc) is 3.37. The highest BCUT2D eigenvalue weighted by Crippen LogP contribution is 2.18. The number of anilines is 1. The van der Waals surface area contributed by atoms with Crippen molar-refractivity contribution in [1.82, 2.24) is 29.5 Å². The van der Waals surface area contributed by atoms with Gasteiger partial charge in [0.15, 0.2) is 5.96 Å². The van der Waals surface area contributed by atoms with Gasteiger partial charge < -0.3 is 19.7 Å². The molecule has 3 aromatic rings. The molecule has 170 valence electrons. The van der Waals surface area contributed by atoms with Crippen molar-refractivity contribution < 1.29 is 9.18 Å². The summed E-state index contributed by atoms with van der Waals surface area (Å²) in [5.41, 5.74) is 2.03. The zero-order valence-corrected chi connectivity index (χ0v) is 20.5. The predicted octanol–water partition coefficient (Wildman–Crippen LogP) is 2.10. The van der Waals surface area contributed by atoms with Crippen LogP contribution in [0.3, 0.4) is 0 Å². The number of guanidine groups is 1. The molecule has 1 aliphatic rings. The zero-order chi connectivity index (χ0) is 22.0. The van der Waals surface area contributed by atoms with Gasteiger partial charge in [0.1, 0.15) is 18.2 Å². The molecular formula is C21H26FIN8O. The van der Waals surface area contributed by atoms with Gasteiger partial charge in [-0.25, -0.2) is 9.37 Å². The average molecular weight is 552 g/mol. The van der Waals surface area contributed by atoms with Gasteiger partial charge in [-0.1, -0.05) is 6.07 Å². The second kappa shape index (κ2) is 10.1. The van der Waals surface area contributed by atoms with Gasteiger partial charge in [0.2, 0.25) is 5.91 Å². The summed E-state index contributed by atoms with van der Waals surface area (Å²) in [5, 5.41) is 7.36. The van der Waals surface area contributed by atoms with Crippen LogP contribution in [-0.2, 0) is 18.4 Å². The summed E-state index contributed by atoms with van der Waals surface area (Å²) in [6.07, 6.45) is 6.88. The van der Waals surface area contributed by atoms with E-state index in [0.29, 0.717) is 31.3 Å². The maximum Gasteiger partial charge on any atom is 0.246 e. The molecule has 1 saturated heterocycles. The predicted molar refractivity (Wildman–Crippen MR) is 131 cm³/mol. The van der Waals surface area contributed by atoms with Crippen molar-refractivity contribution in [1.29, 1.82) is 0 Å². The molecule has 1 amide bonds. The smallest absolute Gasteiger partial charge is 0.246 e. The Morgan fingerprint density at radius 3 is 2.72 bits per heavy atom. The van der Waals surface area contributed by atoms with E-state index in [0.717, 1.165) is 17.1 Å². The number of carbonyl (C=O) groups excluding carboxylic acids is 1. The van der Waals surface area contributed by atoms with Gasteiger partial charge in [0, 0.05) is 52.3 Å². The number of halogens is 2. The molecule has 9 nitrogen and oxygen atoms in total. The fourth-order valence-electron chi connectivity index (χ4n) is 3.68. The number of aryl methyl sites for hydroxylation is 2. The van der Waals surface area contributed by atoms with Gasteiger partial charge in [0.05, 0.1) is 17.6 Å². The third-order valence-electron chi connectivity index (χ3n) is 5.28. The van der Waals surface area contributed by atoms with Gasteiger partial charge in [-0.2, -0.15) is 5.10 Å². The molecule has 0 aliphatic carbocycles. The summed E-state index contributed by atoms with van der Waals surface area (Å²) in [4.78, 5) is 24.7. The van der Waals surface area contributed by atoms with Crippen LogP contribution in [0.4, 0.5) is 10.1 Å². The second-order valence-electron chi connectivity index (χ2n) is 7.37. The number of aliphatic imine (C=N–C) groups is 1. The van der Waals surface area contributed by atoms with E-state index in [-0.39, 0.29) is 42.2 Å². The van der Waals surface area contributed by atoms with Crippen LogP contribution in [0.5, 0.6) is 0 Å². The first-order valence-electron chi connectivity index (χ1n) is 9.99. The number of benzene rings is 1. The lowest BCUT2D eigenvalue weighted by Crippen LogP contribution is -2.55. The van der Waals surface area contributed by atoms with Gasteiger partial charge in [0.25, 0.3) is 0 Å². The topological polar surface area (TPSA) is 83.6 Å². The van der Waals surface area contributed by atoms with Gasteiger partial charge in [-0.3, -0.25) is 14.5 Å². The molecule has 2 aromatic heterocycles. The molecule has 3 heterocycles. The summed E-state index contributed by atoms with van der Waals surface area (Å²) in [7, 11) is 3.49. The standard InChI is InChI=1S/C21H25FN8O.HI/c1-15-24-6-7-29(15)19-5-4-16(10-18(19)22)11-25-21(23-2)28-8-9-30(20(31)14-28)17-12-26-27(3)13-17;/h4-7,10,12-13H,8-9,11,14H2,1-3H3,(H,23,25);1H. The first-order valence-corrected chi connectivity index (χ1v) is 9.99. The maximum atomic E-state index is 14.6. The molecule has 0 spiro atoms. The molecule has 0 bridgehead atoms. The minimum Gasteiger partial charge on any atom is -0.352 e. The highest BCUT2D eigenvalue weighted by molar-refractivity contribution is 14.0. The molecule has 1 N–H and O–H groups in total. The summed E-state index contributed by atoms with van der Waals surface area (Å²) in [6, 6.07) is 5.10. The highest BCUT2D eigenvalue weighted by atomic mass is 127. The number of carbonyl (C=O) groups is 1. The van der Waals surface area contributed by atoms with E-state index in [4.69, 9.17) is 0 Å². The van der Waals surface area contributed by atoms with Crippen molar-refractivity contribution in [2.45, 2.75) is 13.5 Å². The van der Waals surface area contributed by atoms with Crippen LogP contribution < -0.4 is 10.2 Å². The van der Waals surface area contributed by atoms with Crippen molar-refractivity contribution in [3.8, 4) is 5.69 Å². The van der Waals surface area contributed by atoms with E-state index in [9.17, 15) is 9.18 Å². The lowest BCUT2D eigenvalue weighted by Gasteiger charge is -2.35. The quantitative estimate of drug-likeness (QED) is 0.305. The summed E-state index contributed by atoms with van der Waals surface area (Å²) < 4.78 is 18.0. The first kappa shape index (κ1) is 23.7. The summed E-state index contributed by atoms with van der Waals surface area (Å²) in [5.74, 6) is 0.985. The van der Waals surface area contributed by atoms with Crippen molar-refractivity contribution in [3.05, 3.63) is 60.2 Å². The Labute approximate surface area is 203 Å². The van der Waals surface area contributed by atoms with E-state index < -0.39 is 0 Å². The SMILES string of the molecule is CN=C(NCc1ccc(-n2ccnc2C)c(F)c1)N1CCN(c2cnn(C)c2)C(=O)C1.I. The molecule has 1 fully saturated rings. The van der Waals surface area contributed by atoms with Crippen LogP contribution in [0.15, 0.2) is 48.0 Å². The Morgan fingerprint density at radius 1 is 1.31 bits per heavy atom. The fourth-order valence-corrected chi connectivity index (χ4v) is 3.68. The lowest BCUT2D eigenvalue weighted by molar-refractivity contribution is -0.120. The van der Waals surface area contributed by atoms with Crippen molar-refractivity contribution in [2.75, 3.05) is 31.6 Å². The number of amides is 1. The third-order valence-corrected chi connectivity index (χ3v) is 5.28. The number of hydrogen-bond acceptors (Lipinski definition) is 4. The zero-order valence-electron chi connectivity index (χ0n) is 18.2. The van der Waals surface area contributed by atoms with Crippen LogP contribution in [0.1, 0.15) is 11.4 Å².